The highest BCUT2D eigenvalue weighted by atomic mass is 16.5. The number of benzene rings is 2. The van der Waals surface area contributed by atoms with Crippen molar-refractivity contribution in [3.8, 4) is 11.1 Å². The summed E-state index contributed by atoms with van der Waals surface area (Å²) in [5.41, 5.74) is 3.98. The summed E-state index contributed by atoms with van der Waals surface area (Å²) in [7, 11) is 0. The Balaban J connectivity index is 1.57. The molecule has 2 aromatic carbocycles. The van der Waals surface area contributed by atoms with Crippen LogP contribution in [0.5, 0.6) is 0 Å². The Hall–Kier alpha value is -1.68. The zero-order valence-corrected chi connectivity index (χ0v) is 14.0. The SMILES string of the molecule is OC[C@]12CCOC[C@H]1CN(Cc1ccccc1-c1ccccc1)C2. The Morgan fingerprint density at radius 2 is 1.88 bits per heavy atom. The highest BCUT2D eigenvalue weighted by Crippen LogP contribution is 2.42. The van der Waals surface area contributed by atoms with Crippen molar-refractivity contribution >= 4 is 0 Å². The Morgan fingerprint density at radius 3 is 2.67 bits per heavy atom. The molecule has 3 heteroatoms. The van der Waals surface area contributed by atoms with E-state index in [0.717, 1.165) is 39.3 Å². The second-order valence-electron chi connectivity index (χ2n) is 7.24. The lowest BCUT2D eigenvalue weighted by Gasteiger charge is -2.36. The fraction of sp³-hybridized carbons (Fsp3) is 0.429. The van der Waals surface area contributed by atoms with Crippen LogP contribution in [0.4, 0.5) is 0 Å². The van der Waals surface area contributed by atoms with Gasteiger partial charge in [0.15, 0.2) is 0 Å². The van der Waals surface area contributed by atoms with E-state index in [1.54, 1.807) is 0 Å². The number of nitrogens with zero attached hydrogens (tertiary/aromatic N) is 1. The van der Waals surface area contributed by atoms with Crippen molar-refractivity contribution < 1.29 is 9.84 Å². The Bertz CT molecular complexity index is 687. The first-order valence-corrected chi connectivity index (χ1v) is 8.85. The molecule has 0 amide bonds. The molecule has 2 heterocycles. The molecule has 2 atom stereocenters. The second-order valence-corrected chi connectivity index (χ2v) is 7.24. The van der Waals surface area contributed by atoms with Gasteiger partial charge in [-0.1, -0.05) is 54.6 Å². The second kappa shape index (κ2) is 6.67. The number of hydrogen-bond acceptors (Lipinski definition) is 3. The largest absolute Gasteiger partial charge is 0.396 e. The van der Waals surface area contributed by atoms with Gasteiger partial charge in [-0.05, 0) is 23.1 Å². The van der Waals surface area contributed by atoms with Crippen molar-refractivity contribution in [1.29, 1.82) is 0 Å². The van der Waals surface area contributed by atoms with Crippen LogP contribution < -0.4 is 0 Å². The molecule has 4 rings (SSSR count). The first-order chi connectivity index (χ1) is 11.8. The maximum atomic E-state index is 9.99. The van der Waals surface area contributed by atoms with E-state index in [-0.39, 0.29) is 12.0 Å². The van der Waals surface area contributed by atoms with E-state index in [2.05, 4.69) is 59.5 Å². The van der Waals surface area contributed by atoms with Gasteiger partial charge in [0.1, 0.15) is 0 Å². The summed E-state index contributed by atoms with van der Waals surface area (Å²) in [4.78, 5) is 2.50. The van der Waals surface area contributed by atoms with Crippen LogP contribution in [0.1, 0.15) is 12.0 Å². The van der Waals surface area contributed by atoms with Gasteiger partial charge in [0, 0.05) is 37.6 Å². The minimum atomic E-state index is 0.0416. The summed E-state index contributed by atoms with van der Waals surface area (Å²) in [5.74, 6) is 0.458. The average molecular weight is 323 g/mol. The molecule has 2 saturated heterocycles. The van der Waals surface area contributed by atoms with Gasteiger partial charge < -0.3 is 9.84 Å². The van der Waals surface area contributed by atoms with Gasteiger partial charge in [0.05, 0.1) is 13.2 Å². The van der Waals surface area contributed by atoms with Gasteiger partial charge in [-0.15, -0.1) is 0 Å². The Labute approximate surface area is 143 Å². The van der Waals surface area contributed by atoms with Crippen LogP contribution in [0.3, 0.4) is 0 Å². The molecule has 0 aromatic heterocycles. The number of fused-ring (bicyclic) bond motifs is 1. The molecule has 0 radical (unpaired) electrons. The molecule has 2 aromatic rings. The van der Waals surface area contributed by atoms with Crippen molar-refractivity contribution in [1.82, 2.24) is 4.90 Å². The smallest absolute Gasteiger partial charge is 0.0513 e. The van der Waals surface area contributed by atoms with Gasteiger partial charge in [-0.2, -0.15) is 0 Å². The molecule has 2 aliphatic rings. The van der Waals surface area contributed by atoms with E-state index >= 15 is 0 Å². The highest BCUT2D eigenvalue weighted by Gasteiger charge is 2.47. The van der Waals surface area contributed by atoms with Crippen LogP contribution in [-0.4, -0.2) is 42.9 Å². The summed E-state index contributed by atoms with van der Waals surface area (Å²) >= 11 is 0. The van der Waals surface area contributed by atoms with Gasteiger partial charge in [0.2, 0.25) is 0 Å². The standard InChI is InChI=1S/C21H25NO2/c23-16-21-10-11-24-14-19(21)13-22(15-21)12-18-8-4-5-9-20(18)17-6-2-1-3-7-17/h1-9,19,23H,10-16H2/t19-,21-/m1/s1. The summed E-state index contributed by atoms with van der Waals surface area (Å²) in [6.45, 7) is 4.77. The number of aliphatic hydroxyl groups excluding tert-OH is 1. The quantitative estimate of drug-likeness (QED) is 0.938. The zero-order valence-electron chi connectivity index (χ0n) is 14.0. The van der Waals surface area contributed by atoms with Crippen molar-refractivity contribution in [3.05, 3.63) is 60.2 Å². The number of likely N-dealkylation sites (tertiary alicyclic amines) is 1. The van der Waals surface area contributed by atoms with Crippen LogP contribution >= 0.6 is 0 Å². The fourth-order valence-electron chi connectivity index (χ4n) is 4.34. The number of hydrogen-bond donors (Lipinski definition) is 1. The monoisotopic (exact) mass is 323 g/mol. The Morgan fingerprint density at radius 1 is 1.08 bits per heavy atom. The average Bonchev–Trinajstić information content (AvgIpc) is 3.01. The molecular formula is C21H25NO2. The molecule has 24 heavy (non-hydrogen) atoms. The van der Waals surface area contributed by atoms with E-state index < -0.39 is 0 Å². The third kappa shape index (κ3) is 2.88. The lowest BCUT2D eigenvalue weighted by molar-refractivity contribution is -0.0417. The summed E-state index contributed by atoms with van der Waals surface area (Å²) < 4.78 is 5.66. The van der Waals surface area contributed by atoms with Crippen molar-refractivity contribution in [3.63, 3.8) is 0 Å². The molecule has 3 nitrogen and oxygen atoms in total. The summed E-state index contributed by atoms with van der Waals surface area (Å²) in [5, 5.41) is 9.99. The van der Waals surface area contributed by atoms with E-state index in [0.29, 0.717) is 5.92 Å². The van der Waals surface area contributed by atoms with E-state index in [1.165, 1.54) is 16.7 Å². The predicted octanol–water partition coefficient (Wildman–Crippen LogP) is 3.18. The van der Waals surface area contributed by atoms with E-state index in [4.69, 9.17) is 4.74 Å². The topological polar surface area (TPSA) is 32.7 Å². The minimum absolute atomic E-state index is 0.0416. The molecule has 2 fully saturated rings. The fourth-order valence-corrected chi connectivity index (χ4v) is 4.34. The lowest BCUT2D eigenvalue weighted by Crippen LogP contribution is -2.41. The molecule has 1 N–H and O–H groups in total. The van der Waals surface area contributed by atoms with Crippen LogP contribution in [0.2, 0.25) is 0 Å². The summed E-state index contributed by atoms with van der Waals surface area (Å²) in [6, 6.07) is 19.3. The van der Waals surface area contributed by atoms with Gasteiger partial charge in [-0.25, -0.2) is 0 Å². The maximum absolute atomic E-state index is 9.99. The third-order valence-electron chi connectivity index (χ3n) is 5.76. The van der Waals surface area contributed by atoms with Crippen molar-refractivity contribution in [2.75, 3.05) is 32.9 Å². The number of rotatable bonds is 4. The first kappa shape index (κ1) is 15.8. The molecule has 0 aliphatic carbocycles. The van der Waals surface area contributed by atoms with Crippen LogP contribution in [0, 0.1) is 11.3 Å². The zero-order chi connectivity index (χ0) is 16.4. The maximum Gasteiger partial charge on any atom is 0.0513 e. The molecule has 0 spiro atoms. The van der Waals surface area contributed by atoms with Crippen molar-refractivity contribution in [2.45, 2.75) is 13.0 Å². The van der Waals surface area contributed by atoms with Crippen LogP contribution in [0.25, 0.3) is 11.1 Å². The molecule has 0 unspecified atom stereocenters. The molecule has 0 saturated carbocycles. The normalized spacial score (nSPS) is 27.1. The van der Waals surface area contributed by atoms with Crippen LogP contribution in [-0.2, 0) is 11.3 Å². The van der Waals surface area contributed by atoms with E-state index in [1.807, 2.05) is 0 Å². The molecular weight excluding hydrogens is 298 g/mol. The number of aliphatic hydroxyl groups is 1. The molecule has 2 aliphatic heterocycles. The third-order valence-corrected chi connectivity index (χ3v) is 5.76. The minimum Gasteiger partial charge on any atom is -0.396 e. The van der Waals surface area contributed by atoms with Crippen LogP contribution in [0.15, 0.2) is 54.6 Å². The van der Waals surface area contributed by atoms with Gasteiger partial charge in [-0.3, -0.25) is 4.90 Å². The predicted molar refractivity (Wildman–Crippen MR) is 95.6 cm³/mol. The Kier molecular flexibility index (Phi) is 4.40. The van der Waals surface area contributed by atoms with Gasteiger partial charge in [0.25, 0.3) is 0 Å². The lowest BCUT2D eigenvalue weighted by atomic mass is 9.75. The van der Waals surface area contributed by atoms with Crippen molar-refractivity contribution in [2.24, 2.45) is 11.3 Å². The number of ether oxygens (including phenoxy) is 1. The first-order valence-electron chi connectivity index (χ1n) is 8.85. The highest BCUT2D eigenvalue weighted by molar-refractivity contribution is 5.67. The molecule has 126 valence electrons. The molecule has 0 bridgehead atoms. The summed E-state index contributed by atoms with van der Waals surface area (Å²) in [6.07, 6.45) is 0.977. The van der Waals surface area contributed by atoms with Gasteiger partial charge >= 0.3 is 0 Å². The van der Waals surface area contributed by atoms with E-state index in [9.17, 15) is 5.11 Å².